The second-order valence-electron chi connectivity index (χ2n) is 5.66. The molecule has 1 aromatic rings. The van der Waals surface area contributed by atoms with Crippen LogP contribution >= 0.6 is 0 Å². The minimum absolute atomic E-state index is 0.324. The third-order valence-electron chi connectivity index (χ3n) is 3.78. The topological polar surface area (TPSA) is 71.2 Å². The van der Waals surface area contributed by atoms with Crippen molar-refractivity contribution in [1.82, 2.24) is 10.3 Å². The summed E-state index contributed by atoms with van der Waals surface area (Å²) >= 11 is 0. The highest BCUT2D eigenvalue weighted by Crippen LogP contribution is 2.19. The van der Waals surface area contributed by atoms with Crippen LogP contribution in [0.1, 0.15) is 43.6 Å². The van der Waals surface area contributed by atoms with Gasteiger partial charge in [-0.25, -0.2) is 0 Å². The Morgan fingerprint density at radius 3 is 2.95 bits per heavy atom. The number of nitrogens with one attached hydrogen (secondary N) is 1. The molecule has 0 spiro atoms. The smallest absolute Gasteiger partial charge is 0.267 e. The number of carbonyl (C=O) groups excluding carboxylic acids is 1. The first-order valence-electron chi connectivity index (χ1n) is 7.34. The molecule has 0 bridgehead atoms. The highest BCUT2D eigenvalue weighted by molar-refractivity contribution is 5.91. The largest absolute Gasteiger partial charge is 0.367 e. The Balaban J connectivity index is 2.15. The van der Waals surface area contributed by atoms with Crippen molar-refractivity contribution in [3.8, 4) is 0 Å². The lowest BCUT2D eigenvalue weighted by Gasteiger charge is -2.35. The summed E-state index contributed by atoms with van der Waals surface area (Å²) in [7, 11) is 0. The third kappa shape index (κ3) is 3.70. The van der Waals surface area contributed by atoms with Crippen molar-refractivity contribution in [2.75, 3.05) is 18.0 Å². The van der Waals surface area contributed by atoms with Crippen LogP contribution in [0, 0.1) is 0 Å². The van der Waals surface area contributed by atoms with Crippen LogP contribution in [0.2, 0.25) is 0 Å². The fraction of sp³-hybridized carbons (Fsp3) is 0.600. The lowest BCUT2D eigenvalue weighted by molar-refractivity contribution is 0.0995. The fourth-order valence-corrected chi connectivity index (χ4v) is 2.66. The molecule has 110 valence electrons. The number of aromatic nitrogens is 1. The summed E-state index contributed by atoms with van der Waals surface area (Å²) in [6, 6.07) is 4.60. The summed E-state index contributed by atoms with van der Waals surface area (Å²) in [4.78, 5) is 17.6. The molecule has 1 aromatic heterocycles. The molecule has 1 aliphatic rings. The zero-order chi connectivity index (χ0) is 14.5. The van der Waals surface area contributed by atoms with Gasteiger partial charge in [-0.3, -0.25) is 9.78 Å². The van der Waals surface area contributed by atoms with Crippen molar-refractivity contribution >= 4 is 11.6 Å². The number of hydrogen-bond acceptors (Lipinski definition) is 4. The minimum Gasteiger partial charge on any atom is -0.367 e. The normalized spacial score (nSPS) is 19.1. The number of primary amides is 1. The molecule has 20 heavy (non-hydrogen) atoms. The van der Waals surface area contributed by atoms with Crippen LogP contribution in [0.4, 0.5) is 5.69 Å². The van der Waals surface area contributed by atoms with Crippen molar-refractivity contribution in [2.45, 2.75) is 45.2 Å². The zero-order valence-corrected chi connectivity index (χ0v) is 12.3. The van der Waals surface area contributed by atoms with Crippen LogP contribution in [0.15, 0.2) is 18.3 Å². The summed E-state index contributed by atoms with van der Waals surface area (Å²) in [6.45, 7) is 6.36. The molecule has 0 aromatic carbocycles. The number of pyridine rings is 1. The molecule has 5 heteroatoms. The summed E-state index contributed by atoms with van der Waals surface area (Å²) in [5.74, 6) is -0.480. The van der Waals surface area contributed by atoms with Gasteiger partial charge in [0.25, 0.3) is 5.91 Å². The lowest BCUT2D eigenvalue weighted by Crippen LogP contribution is -2.46. The summed E-state index contributed by atoms with van der Waals surface area (Å²) in [5, 5.41) is 3.56. The Labute approximate surface area is 120 Å². The number of nitrogens with two attached hydrogens (primary N) is 1. The summed E-state index contributed by atoms with van der Waals surface area (Å²) < 4.78 is 0. The van der Waals surface area contributed by atoms with Gasteiger partial charge < -0.3 is 16.0 Å². The van der Waals surface area contributed by atoms with Gasteiger partial charge >= 0.3 is 0 Å². The second kappa shape index (κ2) is 6.70. The molecule has 1 saturated heterocycles. The quantitative estimate of drug-likeness (QED) is 0.855. The summed E-state index contributed by atoms with van der Waals surface area (Å²) in [5.41, 5.74) is 6.65. The van der Waals surface area contributed by atoms with Gasteiger partial charge in [0, 0.05) is 30.5 Å². The van der Waals surface area contributed by atoms with Crippen LogP contribution in [0.5, 0.6) is 0 Å². The van der Waals surface area contributed by atoms with E-state index >= 15 is 0 Å². The highest BCUT2D eigenvalue weighted by atomic mass is 16.1. The number of rotatable bonds is 5. The van der Waals surface area contributed by atoms with E-state index in [0.717, 1.165) is 18.8 Å². The molecule has 1 unspecified atom stereocenters. The summed E-state index contributed by atoms with van der Waals surface area (Å²) in [6.07, 6.45) is 5.40. The molecule has 2 heterocycles. The Kier molecular flexibility index (Phi) is 4.95. The van der Waals surface area contributed by atoms with Crippen molar-refractivity contribution in [3.63, 3.8) is 0 Å². The number of amides is 1. The van der Waals surface area contributed by atoms with Crippen LogP contribution in [0.25, 0.3) is 0 Å². The molecule has 1 amide bonds. The Morgan fingerprint density at radius 2 is 2.35 bits per heavy atom. The van der Waals surface area contributed by atoms with E-state index in [1.807, 2.05) is 6.07 Å². The Hall–Kier alpha value is -1.62. The van der Waals surface area contributed by atoms with Crippen molar-refractivity contribution in [2.24, 2.45) is 5.73 Å². The van der Waals surface area contributed by atoms with E-state index in [1.165, 1.54) is 19.3 Å². The third-order valence-corrected chi connectivity index (χ3v) is 3.78. The molecule has 1 fully saturated rings. The van der Waals surface area contributed by atoms with Gasteiger partial charge in [0.1, 0.15) is 5.69 Å². The number of nitrogens with zero attached hydrogens (tertiary/aromatic N) is 2. The van der Waals surface area contributed by atoms with E-state index in [2.05, 4.69) is 29.0 Å². The van der Waals surface area contributed by atoms with E-state index in [4.69, 9.17) is 5.73 Å². The number of carbonyl (C=O) groups is 1. The average Bonchev–Trinajstić information content (AvgIpc) is 2.45. The van der Waals surface area contributed by atoms with Gasteiger partial charge in [-0.15, -0.1) is 0 Å². The van der Waals surface area contributed by atoms with E-state index < -0.39 is 5.91 Å². The zero-order valence-electron chi connectivity index (χ0n) is 12.3. The number of anilines is 1. The predicted octanol–water partition coefficient (Wildman–Crippen LogP) is 1.54. The van der Waals surface area contributed by atoms with Gasteiger partial charge in [-0.1, -0.05) is 6.42 Å². The SMILES string of the molecule is CC(C)N(CC1CCCCN1)c1ccnc(C(N)=O)c1. The molecule has 1 aliphatic heterocycles. The lowest BCUT2D eigenvalue weighted by atomic mass is 10.0. The maximum absolute atomic E-state index is 11.3. The van der Waals surface area contributed by atoms with Crippen LogP contribution in [-0.2, 0) is 0 Å². The highest BCUT2D eigenvalue weighted by Gasteiger charge is 2.19. The van der Waals surface area contributed by atoms with Gasteiger partial charge in [0.15, 0.2) is 0 Å². The minimum atomic E-state index is -0.480. The maximum Gasteiger partial charge on any atom is 0.267 e. The fourth-order valence-electron chi connectivity index (χ4n) is 2.66. The van der Waals surface area contributed by atoms with Gasteiger partial charge in [-0.2, -0.15) is 0 Å². The number of piperidine rings is 1. The molecule has 2 rings (SSSR count). The van der Waals surface area contributed by atoms with Crippen LogP contribution in [-0.4, -0.2) is 36.1 Å². The van der Waals surface area contributed by atoms with Gasteiger partial charge in [0.05, 0.1) is 0 Å². The van der Waals surface area contributed by atoms with E-state index in [-0.39, 0.29) is 0 Å². The van der Waals surface area contributed by atoms with Gasteiger partial charge in [0.2, 0.25) is 0 Å². The molecule has 0 aliphatic carbocycles. The van der Waals surface area contributed by atoms with Crippen LogP contribution in [0.3, 0.4) is 0 Å². The molecular weight excluding hydrogens is 252 g/mol. The Bertz CT molecular complexity index is 455. The van der Waals surface area contributed by atoms with Crippen molar-refractivity contribution in [3.05, 3.63) is 24.0 Å². The average molecular weight is 276 g/mol. The predicted molar refractivity (Wildman–Crippen MR) is 80.9 cm³/mol. The molecule has 3 N–H and O–H groups in total. The second-order valence-corrected chi connectivity index (χ2v) is 5.66. The first kappa shape index (κ1) is 14.8. The standard InChI is InChI=1S/C15H24N4O/c1-11(2)19(10-12-5-3-4-7-17-12)13-6-8-18-14(9-13)15(16)20/h6,8-9,11-12,17H,3-5,7,10H2,1-2H3,(H2,16,20). The molecular formula is C15H24N4O. The van der Waals surface area contributed by atoms with Crippen molar-refractivity contribution < 1.29 is 4.79 Å². The van der Waals surface area contributed by atoms with E-state index in [9.17, 15) is 4.79 Å². The molecule has 0 radical (unpaired) electrons. The van der Waals surface area contributed by atoms with Gasteiger partial charge in [-0.05, 0) is 45.4 Å². The molecule has 0 saturated carbocycles. The molecule has 1 atom stereocenters. The van der Waals surface area contributed by atoms with Crippen LogP contribution < -0.4 is 16.0 Å². The van der Waals surface area contributed by atoms with Crippen molar-refractivity contribution in [1.29, 1.82) is 0 Å². The Morgan fingerprint density at radius 1 is 1.55 bits per heavy atom. The van der Waals surface area contributed by atoms with E-state index in [0.29, 0.717) is 17.8 Å². The number of hydrogen-bond donors (Lipinski definition) is 2. The molecule has 5 nitrogen and oxygen atoms in total. The van der Waals surface area contributed by atoms with E-state index in [1.54, 1.807) is 12.3 Å². The monoisotopic (exact) mass is 276 g/mol. The maximum atomic E-state index is 11.3. The first-order valence-corrected chi connectivity index (χ1v) is 7.34. The first-order chi connectivity index (χ1) is 9.58.